The number of hydrogen-bond acceptors (Lipinski definition) is 5. The van der Waals surface area contributed by atoms with E-state index in [1.807, 2.05) is 13.2 Å². The lowest BCUT2D eigenvalue weighted by Gasteiger charge is -2.38. The maximum absolute atomic E-state index is 13.4. The second kappa shape index (κ2) is 9.01. The normalized spacial score (nSPS) is 18.2. The van der Waals surface area contributed by atoms with Gasteiger partial charge in [-0.15, -0.1) is 0 Å². The third kappa shape index (κ3) is 4.93. The number of likely N-dealkylation sites (tertiary alicyclic amines) is 1. The second-order valence-corrected chi connectivity index (χ2v) is 6.29. The van der Waals surface area contributed by atoms with Crippen LogP contribution in [0.3, 0.4) is 0 Å². The van der Waals surface area contributed by atoms with Crippen molar-refractivity contribution in [2.75, 3.05) is 46.7 Å². The monoisotopic (exact) mass is 336 g/mol. The van der Waals surface area contributed by atoms with Crippen molar-refractivity contribution in [3.05, 3.63) is 36.3 Å². The van der Waals surface area contributed by atoms with Gasteiger partial charge in [0.1, 0.15) is 0 Å². The lowest BCUT2D eigenvalue weighted by molar-refractivity contribution is 0.114. The number of anilines is 1. The topological polar surface area (TPSA) is 39.8 Å². The van der Waals surface area contributed by atoms with E-state index in [0.717, 1.165) is 18.8 Å². The minimum atomic E-state index is -0.359. The zero-order valence-electron chi connectivity index (χ0n) is 15.1. The van der Waals surface area contributed by atoms with Crippen molar-refractivity contribution < 1.29 is 9.13 Å². The number of methoxy groups -OCH3 is 1. The third-order valence-corrected chi connectivity index (χ3v) is 4.68. The summed E-state index contributed by atoms with van der Waals surface area (Å²) in [5.74, 6) is -0.121. The molecule has 134 valence electrons. The maximum atomic E-state index is 13.4. The summed E-state index contributed by atoms with van der Waals surface area (Å²) in [6.07, 6.45) is 6.48. The smallest absolute Gasteiger partial charge is 0.165 e. The van der Waals surface area contributed by atoms with E-state index in [1.54, 1.807) is 12.1 Å². The first-order valence-electron chi connectivity index (χ1n) is 8.39. The van der Waals surface area contributed by atoms with Crippen LogP contribution in [-0.2, 0) is 0 Å². The van der Waals surface area contributed by atoms with E-state index in [-0.39, 0.29) is 17.7 Å². The van der Waals surface area contributed by atoms with Crippen molar-refractivity contribution >= 4 is 5.69 Å². The lowest BCUT2D eigenvalue weighted by Crippen LogP contribution is -2.50. The molecule has 1 aromatic carbocycles. The predicted molar refractivity (Wildman–Crippen MR) is 96.8 cm³/mol. The van der Waals surface area contributed by atoms with E-state index in [1.165, 1.54) is 26.0 Å². The van der Waals surface area contributed by atoms with Gasteiger partial charge in [0.25, 0.3) is 0 Å². The van der Waals surface area contributed by atoms with Crippen molar-refractivity contribution in [3.8, 4) is 5.75 Å². The van der Waals surface area contributed by atoms with Crippen LogP contribution in [0.5, 0.6) is 5.75 Å². The fourth-order valence-corrected chi connectivity index (χ4v) is 3.05. The van der Waals surface area contributed by atoms with Crippen LogP contribution in [0.25, 0.3) is 0 Å². The Morgan fingerprint density at radius 1 is 1.38 bits per heavy atom. The maximum Gasteiger partial charge on any atom is 0.165 e. The first kappa shape index (κ1) is 18.7. The number of rotatable bonds is 7. The predicted octanol–water partition coefficient (Wildman–Crippen LogP) is 2.33. The largest absolute Gasteiger partial charge is 0.494 e. The Labute approximate surface area is 144 Å². The fourth-order valence-electron chi connectivity index (χ4n) is 3.05. The average Bonchev–Trinajstić information content (AvgIpc) is 2.60. The standard InChI is InChI=1S/C18H29FN4O/c1-20-18(23(3)15-8-11-22(2)12-9-15)7-10-21-14-5-6-16(19)17(13-14)24-4/h5-7,10,13,15,18,20-21H,8-9,11-12H2,1-4H3/b10-7-. The molecule has 0 saturated carbocycles. The van der Waals surface area contributed by atoms with Crippen LogP contribution in [0.1, 0.15) is 12.8 Å². The Morgan fingerprint density at radius 3 is 2.71 bits per heavy atom. The number of nitrogens with one attached hydrogen (secondary N) is 2. The van der Waals surface area contributed by atoms with Crippen LogP contribution in [-0.4, -0.2) is 63.3 Å². The molecule has 24 heavy (non-hydrogen) atoms. The van der Waals surface area contributed by atoms with E-state index in [0.29, 0.717) is 6.04 Å². The van der Waals surface area contributed by atoms with Crippen LogP contribution < -0.4 is 15.4 Å². The third-order valence-electron chi connectivity index (χ3n) is 4.68. The molecule has 1 aromatic rings. The Hall–Kier alpha value is -1.63. The van der Waals surface area contributed by atoms with E-state index in [4.69, 9.17) is 4.74 Å². The van der Waals surface area contributed by atoms with Gasteiger partial charge in [-0.2, -0.15) is 0 Å². The molecule has 2 N–H and O–H groups in total. The molecular weight excluding hydrogens is 307 g/mol. The molecule has 0 spiro atoms. The first-order chi connectivity index (χ1) is 11.5. The van der Waals surface area contributed by atoms with Gasteiger partial charge in [0.05, 0.1) is 13.3 Å². The van der Waals surface area contributed by atoms with Gasteiger partial charge in [0.2, 0.25) is 0 Å². The van der Waals surface area contributed by atoms with Gasteiger partial charge in [-0.1, -0.05) is 0 Å². The van der Waals surface area contributed by atoms with Crippen molar-refractivity contribution in [2.45, 2.75) is 25.0 Å². The summed E-state index contributed by atoms with van der Waals surface area (Å²) in [7, 11) is 7.75. The molecule has 1 aliphatic heterocycles. The number of hydrogen-bond donors (Lipinski definition) is 2. The molecule has 1 fully saturated rings. The van der Waals surface area contributed by atoms with Crippen LogP contribution in [0, 0.1) is 5.82 Å². The summed E-state index contributed by atoms with van der Waals surface area (Å²) < 4.78 is 18.4. The molecule has 1 aliphatic rings. The number of ether oxygens (including phenoxy) is 1. The van der Waals surface area contributed by atoms with E-state index in [9.17, 15) is 4.39 Å². The molecule has 0 aromatic heterocycles. The summed E-state index contributed by atoms with van der Waals surface area (Å²) in [5, 5.41) is 6.50. The molecule has 0 radical (unpaired) electrons. The lowest BCUT2D eigenvalue weighted by atomic mass is 10.0. The molecule has 0 aliphatic carbocycles. The SMILES string of the molecule is CNC(/C=C\Nc1ccc(F)c(OC)c1)N(C)C1CCN(C)CC1. The van der Waals surface area contributed by atoms with Crippen LogP contribution in [0.4, 0.5) is 10.1 Å². The van der Waals surface area contributed by atoms with Crippen molar-refractivity contribution in [2.24, 2.45) is 0 Å². The van der Waals surface area contributed by atoms with Crippen LogP contribution in [0.2, 0.25) is 0 Å². The van der Waals surface area contributed by atoms with Crippen molar-refractivity contribution in [1.82, 2.24) is 15.1 Å². The summed E-state index contributed by atoms with van der Waals surface area (Å²) in [4.78, 5) is 4.74. The van der Waals surface area contributed by atoms with Gasteiger partial charge in [0, 0.05) is 17.8 Å². The van der Waals surface area contributed by atoms with Gasteiger partial charge in [-0.05, 0) is 71.5 Å². The molecular formula is C18H29FN4O. The van der Waals surface area contributed by atoms with E-state index < -0.39 is 0 Å². The molecule has 5 nitrogen and oxygen atoms in total. The molecule has 1 heterocycles. The fraction of sp³-hybridized carbons (Fsp3) is 0.556. The summed E-state index contributed by atoms with van der Waals surface area (Å²) in [6, 6.07) is 5.32. The van der Waals surface area contributed by atoms with Crippen LogP contribution in [0.15, 0.2) is 30.5 Å². The minimum absolute atomic E-state index is 0.147. The van der Waals surface area contributed by atoms with Gasteiger partial charge in [0.15, 0.2) is 11.6 Å². The molecule has 6 heteroatoms. The van der Waals surface area contributed by atoms with E-state index >= 15 is 0 Å². The molecule has 1 atom stereocenters. The minimum Gasteiger partial charge on any atom is -0.494 e. The number of likely N-dealkylation sites (N-methyl/N-ethyl adjacent to an activating group) is 2. The average molecular weight is 336 g/mol. The Kier molecular flexibility index (Phi) is 7.02. The summed E-state index contributed by atoms with van der Waals surface area (Å²) >= 11 is 0. The van der Waals surface area contributed by atoms with Crippen LogP contribution >= 0.6 is 0 Å². The number of nitrogens with zero attached hydrogens (tertiary/aromatic N) is 2. The Bertz CT molecular complexity index is 544. The molecule has 1 unspecified atom stereocenters. The van der Waals surface area contributed by atoms with Gasteiger partial charge in [-0.25, -0.2) is 4.39 Å². The van der Waals surface area contributed by atoms with Gasteiger partial charge in [-0.3, -0.25) is 4.90 Å². The molecule has 0 amide bonds. The number of halogens is 1. The summed E-state index contributed by atoms with van der Waals surface area (Å²) in [6.45, 7) is 2.28. The van der Waals surface area contributed by atoms with Gasteiger partial charge >= 0.3 is 0 Å². The highest BCUT2D eigenvalue weighted by atomic mass is 19.1. The zero-order valence-corrected chi connectivity index (χ0v) is 15.1. The highest BCUT2D eigenvalue weighted by Gasteiger charge is 2.23. The number of piperidine rings is 1. The first-order valence-corrected chi connectivity index (χ1v) is 8.39. The second-order valence-electron chi connectivity index (χ2n) is 6.29. The molecule has 1 saturated heterocycles. The van der Waals surface area contributed by atoms with Crippen molar-refractivity contribution in [3.63, 3.8) is 0 Å². The zero-order chi connectivity index (χ0) is 17.5. The quantitative estimate of drug-likeness (QED) is 0.748. The summed E-state index contributed by atoms with van der Waals surface area (Å²) in [5.41, 5.74) is 0.793. The van der Waals surface area contributed by atoms with Crippen molar-refractivity contribution in [1.29, 1.82) is 0 Å². The van der Waals surface area contributed by atoms with E-state index in [2.05, 4.69) is 40.6 Å². The molecule has 0 bridgehead atoms. The molecule has 2 rings (SSSR count). The number of benzene rings is 1. The highest BCUT2D eigenvalue weighted by molar-refractivity contribution is 5.50. The van der Waals surface area contributed by atoms with Gasteiger partial charge < -0.3 is 20.3 Å². The Morgan fingerprint density at radius 2 is 2.08 bits per heavy atom. The highest BCUT2D eigenvalue weighted by Crippen LogP contribution is 2.21. The Balaban J connectivity index is 1.93.